The lowest BCUT2D eigenvalue weighted by molar-refractivity contribution is -0.118. The SMILES string of the molecule is O=C(CS(=O)(=O)Cc1ccc(Cl)cc1)NCc1ccccc1. The lowest BCUT2D eigenvalue weighted by Crippen LogP contribution is -2.30. The third kappa shape index (κ3) is 5.50. The van der Waals surface area contributed by atoms with Crippen LogP contribution in [0.4, 0.5) is 0 Å². The van der Waals surface area contributed by atoms with E-state index >= 15 is 0 Å². The van der Waals surface area contributed by atoms with Crippen molar-refractivity contribution in [2.75, 3.05) is 5.75 Å². The molecule has 1 N–H and O–H groups in total. The Morgan fingerprint density at radius 1 is 0.955 bits per heavy atom. The van der Waals surface area contributed by atoms with Crippen molar-refractivity contribution in [3.8, 4) is 0 Å². The van der Waals surface area contributed by atoms with Crippen molar-refractivity contribution in [2.24, 2.45) is 0 Å². The van der Waals surface area contributed by atoms with E-state index in [0.29, 0.717) is 17.1 Å². The average molecular weight is 338 g/mol. The molecule has 2 rings (SSSR count). The molecule has 0 saturated heterocycles. The molecule has 0 saturated carbocycles. The van der Waals surface area contributed by atoms with E-state index in [9.17, 15) is 13.2 Å². The van der Waals surface area contributed by atoms with E-state index in [1.165, 1.54) is 0 Å². The summed E-state index contributed by atoms with van der Waals surface area (Å²) in [5, 5.41) is 3.15. The second-order valence-electron chi connectivity index (χ2n) is 4.92. The van der Waals surface area contributed by atoms with Crippen molar-refractivity contribution in [3.05, 3.63) is 70.7 Å². The summed E-state index contributed by atoms with van der Waals surface area (Å²) in [6.07, 6.45) is 0. The molecule has 1 amide bonds. The molecule has 0 aliphatic carbocycles. The molecule has 0 aliphatic heterocycles. The van der Waals surface area contributed by atoms with Crippen LogP contribution in [0.15, 0.2) is 54.6 Å². The van der Waals surface area contributed by atoms with Crippen LogP contribution in [-0.2, 0) is 26.9 Å². The summed E-state index contributed by atoms with van der Waals surface area (Å²) in [5.74, 6) is -1.21. The van der Waals surface area contributed by atoms with Crippen molar-refractivity contribution < 1.29 is 13.2 Å². The minimum atomic E-state index is -3.51. The molecule has 2 aromatic rings. The van der Waals surface area contributed by atoms with E-state index < -0.39 is 21.5 Å². The Bertz CT molecular complexity index is 728. The van der Waals surface area contributed by atoms with Crippen molar-refractivity contribution in [3.63, 3.8) is 0 Å². The number of carbonyl (C=O) groups is 1. The van der Waals surface area contributed by atoms with E-state index in [-0.39, 0.29) is 5.75 Å². The van der Waals surface area contributed by atoms with Gasteiger partial charge < -0.3 is 5.32 Å². The number of amides is 1. The number of rotatable bonds is 6. The topological polar surface area (TPSA) is 63.2 Å². The maximum Gasteiger partial charge on any atom is 0.235 e. The van der Waals surface area contributed by atoms with Gasteiger partial charge in [-0.15, -0.1) is 0 Å². The predicted octanol–water partition coefficient (Wildman–Crippen LogP) is 2.57. The highest BCUT2D eigenvalue weighted by Gasteiger charge is 2.17. The second kappa shape index (κ2) is 7.42. The third-order valence-electron chi connectivity index (χ3n) is 2.98. The zero-order valence-corrected chi connectivity index (χ0v) is 13.4. The first-order chi connectivity index (χ1) is 10.4. The Balaban J connectivity index is 1.88. The molecule has 0 unspecified atom stereocenters. The van der Waals surface area contributed by atoms with Crippen LogP contribution in [0.25, 0.3) is 0 Å². The molecule has 0 spiro atoms. The minimum absolute atomic E-state index is 0.178. The van der Waals surface area contributed by atoms with Gasteiger partial charge in [-0.05, 0) is 23.3 Å². The summed E-state index contributed by atoms with van der Waals surface area (Å²) >= 11 is 5.75. The number of carbonyl (C=O) groups excluding carboxylic acids is 1. The first-order valence-electron chi connectivity index (χ1n) is 6.70. The van der Waals surface area contributed by atoms with Crippen molar-refractivity contribution in [2.45, 2.75) is 12.3 Å². The number of nitrogens with one attached hydrogen (secondary N) is 1. The third-order valence-corrected chi connectivity index (χ3v) is 4.71. The van der Waals surface area contributed by atoms with Crippen LogP contribution in [0, 0.1) is 0 Å². The normalized spacial score (nSPS) is 11.1. The minimum Gasteiger partial charge on any atom is -0.351 e. The largest absolute Gasteiger partial charge is 0.351 e. The van der Waals surface area contributed by atoms with Gasteiger partial charge in [-0.25, -0.2) is 8.42 Å². The van der Waals surface area contributed by atoms with Gasteiger partial charge in [0.2, 0.25) is 5.91 Å². The summed E-state index contributed by atoms with van der Waals surface area (Å²) in [6, 6.07) is 15.9. The Morgan fingerprint density at radius 2 is 1.59 bits per heavy atom. The van der Waals surface area contributed by atoms with Crippen molar-refractivity contribution >= 4 is 27.3 Å². The molecule has 6 heteroatoms. The molecule has 116 valence electrons. The van der Waals surface area contributed by atoms with E-state index in [2.05, 4.69) is 5.32 Å². The number of halogens is 1. The van der Waals surface area contributed by atoms with Crippen LogP contribution in [0.1, 0.15) is 11.1 Å². The highest BCUT2D eigenvalue weighted by atomic mass is 35.5. The van der Waals surface area contributed by atoms with Crippen LogP contribution in [-0.4, -0.2) is 20.1 Å². The van der Waals surface area contributed by atoms with Crippen LogP contribution >= 0.6 is 11.6 Å². The summed E-state index contributed by atoms with van der Waals surface area (Å²) in [7, 11) is -3.51. The second-order valence-corrected chi connectivity index (χ2v) is 7.42. The van der Waals surface area contributed by atoms with E-state index in [1.54, 1.807) is 24.3 Å². The van der Waals surface area contributed by atoms with Gasteiger partial charge in [0.1, 0.15) is 5.75 Å². The molecule has 0 aromatic heterocycles. The van der Waals surface area contributed by atoms with Crippen LogP contribution < -0.4 is 5.32 Å². The van der Waals surface area contributed by atoms with Gasteiger partial charge in [0.25, 0.3) is 0 Å². The standard InChI is InChI=1S/C16H16ClNO3S/c17-15-8-6-14(7-9-15)11-22(20,21)12-16(19)18-10-13-4-2-1-3-5-13/h1-9H,10-12H2,(H,18,19). The zero-order chi connectivity index (χ0) is 16.0. The highest BCUT2D eigenvalue weighted by Crippen LogP contribution is 2.12. The highest BCUT2D eigenvalue weighted by molar-refractivity contribution is 7.91. The molecule has 0 aliphatic rings. The molecule has 2 aromatic carbocycles. The number of hydrogen-bond donors (Lipinski definition) is 1. The van der Waals surface area contributed by atoms with Crippen molar-refractivity contribution in [1.82, 2.24) is 5.32 Å². The summed E-state index contributed by atoms with van der Waals surface area (Å²) in [4.78, 5) is 11.8. The molecule has 0 radical (unpaired) electrons. The molecular weight excluding hydrogens is 322 g/mol. The Kier molecular flexibility index (Phi) is 5.57. The first kappa shape index (κ1) is 16.5. The Morgan fingerprint density at radius 3 is 2.23 bits per heavy atom. The lowest BCUT2D eigenvalue weighted by atomic mass is 10.2. The molecular formula is C16H16ClNO3S. The zero-order valence-electron chi connectivity index (χ0n) is 11.8. The maximum absolute atomic E-state index is 12.0. The fourth-order valence-corrected chi connectivity index (χ4v) is 3.36. The van der Waals surface area contributed by atoms with Crippen molar-refractivity contribution in [1.29, 1.82) is 0 Å². The van der Waals surface area contributed by atoms with E-state index in [1.807, 2.05) is 30.3 Å². The van der Waals surface area contributed by atoms with Crippen LogP contribution in [0.5, 0.6) is 0 Å². The molecule has 0 heterocycles. The number of benzene rings is 2. The molecule has 4 nitrogen and oxygen atoms in total. The quantitative estimate of drug-likeness (QED) is 0.881. The van der Waals surface area contributed by atoms with Gasteiger partial charge in [-0.2, -0.15) is 0 Å². The molecule has 22 heavy (non-hydrogen) atoms. The number of sulfone groups is 1. The van der Waals surface area contributed by atoms with Gasteiger partial charge >= 0.3 is 0 Å². The van der Waals surface area contributed by atoms with E-state index in [0.717, 1.165) is 5.56 Å². The monoisotopic (exact) mass is 337 g/mol. The molecule has 0 bridgehead atoms. The lowest BCUT2D eigenvalue weighted by Gasteiger charge is -2.07. The van der Waals surface area contributed by atoms with Gasteiger partial charge in [-0.1, -0.05) is 54.1 Å². The van der Waals surface area contributed by atoms with Gasteiger partial charge in [0.05, 0.1) is 5.75 Å². The Hall–Kier alpha value is -1.85. The number of hydrogen-bond acceptors (Lipinski definition) is 3. The summed E-state index contributed by atoms with van der Waals surface area (Å²) in [6.45, 7) is 0.316. The first-order valence-corrected chi connectivity index (χ1v) is 8.90. The summed E-state index contributed by atoms with van der Waals surface area (Å²) < 4.78 is 24.0. The smallest absolute Gasteiger partial charge is 0.235 e. The summed E-state index contributed by atoms with van der Waals surface area (Å²) in [5.41, 5.74) is 1.53. The van der Waals surface area contributed by atoms with Gasteiger partial charge in [-0.3, -0.25) is 4.79 Å². The Labute approximate surface area is 135 Å². The van der Waals surface area contributed by atoms with Gasteiger partial charge in [0, 0.05) is 11.6 Å². The van der Waals surface area contributed by atoms with Gasteiger partial charge in [0.15, 0.2) is 9.84 Å². The van der Waals surface area contributed by atoms with Crippen LogP contribution in [0.3, 0.4) is 0 Å². The average Bonchev–Trinajstić information content (AvgIpc) is 2.48. The molecule has 0 fully saturated rings. The molecule has 0 atom stereocenters. The maximum atomic E-state index is 12.0. The van der Waals surface area contributed by atoms with E-state index in [4.69, 9.17) is 11.6 Å². The van der Waals surface area contributed by atoms with Crippen LogP contribution in [0.2, 0.25) is 5.02 Å². The fourth-order valence-electron chi connectivity index (χ4n) is 1.93. The fraction of sp³-hybridized carbons (Fsp3) is 0.188. The predicted molar refractivity (Wildman–Crippen MR) is 87.2 cm³/mol.